The maximum Gasteiger partial charge on any atom is 0.260 e. The molecule has 1 aromatic heterocycles. The summed E-state index contributed by atoms with van der Waals surface area (Å²) < 4.78 is 27.0. The van der Waals surface area contributed by atoms with Crippen LogP contribution in [0, 0.1) is 0 Å². The predicted molar refractivity (Wildman–Crippen MR) is 78.8 cm³/mol. The molecule has 0 aliphatic carbocycles. The van der Waals surface area contributed by atoms with Crippen LogP contribution in [0.5, 0.6) is 0 Å². The quantitative estimate of drug-likeness (QED) is 0.907. The SMILES string of the molecule is CC(NS(=O)(=O)c1ncccc1N)c1ccc(Cl)cc1. The van der Waals surface area contributed by atoms with Crippen molar-refractivity contribution in [3.63, 3.8) is 0 Å². The smallest absolute Gasteiger partial charge is 0.260 e. The number of nitrogens with zero attached hydrogens (tertiary/aromatic N) is 1. The van der Waals surface area contributed by atoms with Crippen molar-refractivity contribution >= 4 is 27.3 Å². The fraction of sp³-hybridized carbons (Fsp3) is 0.154. The molecule has 0 radical (unpaired) electrons. The number of nitrogens with two attached hydrogens (primary N) is 1. The Bertz CT molecular complexity index is 702. The lowest BCUT2D eigenvalue weighted by Gasteiger charge is -2.15. The molecular weight excluding hydrogens is 298 g/mol. The Hall–Kier alpha value is -1.63. The van der Waals surface area contributed by atoms with E-state index in [1.54, 1.807) is 37.3 Å². The topological polar surface area (TPSA) is 85.1 Å². The van der Waals surface area contributed by atoms with Gasteiger partial charge < -0.3 is 5.73 Å². The molecular formula is C13H14ClN3O2S. The Kier molecular flexibility index (Phi) is 4.27. The lowest BCUT2D eigenvalue weighted by atomic mass is 10.1. The van der Waals surface area contributed by atoms with Gasteiger partial charge in [0.1, 0.15) is 0 Å². The maximum atomic E-state index is 12.2. The van der Waals surface area contributed by atoms with Crippen LogP contribution in [0.1, 0.15) is 18.5 Å². The molecule has 0 aliphatic rings. The fourth-order valence-corrected chi connectivity index (χ4v) is 3.15. The van der Waals surface area contributed by atoms with Gasteiger partial charge in [0.15, 0.2) is 5.03 Å². The van der Waals surface area contributed by atoms with Gasteiger partial charge in [-0.2, -0.15) is 0 Å². The van der Waals surface area contributed by atoms with Crippen LogP contribution in [0.3, 0.4) is 0 Å². The first kappa shape index (κ1) is 14.8. The molecule has 2 aromatic rings. The summed E-state index contributed by atoms with van der Waals surface area (Å²) in [5, 5.41) is 0.429. The molecule has 106 valence electrons. The molecule has 0 saturated carbocycles. The van der Waals surface area contributed by atoms with Gasteiger partial charge in [0.25, 0.3) is 10.0 Å². The second-order valence-electron chi connectivity index (χ2n) is 4.29. The average Bonchev–Trinajstić information content (AvgIpc) is 2.39. The first-order valence-corrected chi connectivity index (χ1v) is 7.74. The highest BCUT2D eigenvalue weighted by Crippen LogP contribution is 2.20. The van der Waals surface area contributed by atoms with Gasteiger partial charge in [-0.3, -0.25) is 0 Å². The van der Waals surface area contributed by atoms with Crippen LogP contribution in [0.2, 0.25) is 5.02 Å². The third kappa shape index (κ3) is 3.27. The van der Waals surface area contributed by atoms with Crippen LogP contribution in [0.25, 0.3) is 0 Å². The van der Waals surface area contributed by atoms with Gasteiger partial charge >= 0.3 is 0 Å². The van der Waals surface area contributed by atoms with E-state index >= 15 is 0 Å². The molecule has 3 N–H and O–H groups in total. The molecule has 0 aliphatic heterocycles. The monoisotopic (exact) mass is 311 g/mol. The molecule has 2 rings (SSSR count). The number of nitrogens with one attached hydrogen (secondary N) is 1. The standard InChI is InChI=1S/C13H14ClN3O2S/c1-9(10-4-6-11(14)7-5-10)17-20(18,19)13-12(15)3-2-8-16-13/h2-9,17H,15H2,1H3. The van der Waals surface area contributed by atoms with Crippen LogP contribution in [0.4, 0.5) is 5.69 Å². The molecule has 1 atom stereocenters. The Labute approximate surface area is 122 Å². The van der Waals surface area contributed by atoms with Gasteiger partial charge in [-0.05, 0) is 36.8 Å². The summed E-state index contributed by atoms with van der Waals surface area (Å²) in [4.78, 5) is 3.81. The van der Waals surface area contributed by atoms with E-state index in [1.165, 1.54) is 12.3 Å². The number of sulfonamides is 1. The van der Waals surface area contributed by atoms with Gasteiger partial charge in [-0.15, -0.1) is 0 Å². The number of nitrogen functional groups attached to an aromatic ring is 1. The number of halogens is 1. The van der Waals surface area contributed by atoms with Crippen molar-refractivity contribution in [2.75, 3.05) is 5.73 Å². The van der Waals surface area contributed by atoms with Gasteiger partial charge in [0.2, 0.25) is 0 Å². The van der Waals surface area contributed by atoms with Crippen LogP contribution in [0.15, 0.2) is 47.6 Å². The molecule has 20 heavy (non-hydrogen) atoms. The maximum absolute atomic E-state index is 12.2. The Morgan fingerprint density at radius 3 is 2.50 bits per heavy atom. The number of anilines is 1. The number of aromatic nitrogens is 1. The summed E-state index contributed by atoms with van der Waals surface area (Å²) in [6, 6.07) is 9.59. The largest absolute Gasteiger partial charge is 0.396 e. The number of rotatable bonds is 4. The van der Waals surface area contributed by atoms with E-state index in [-0.39, 0.29) is 10.7 Å². The zero-order chi connectivity index (χ0) is 14.8. The zero-order valence-electron chi connectivity index (χ0n) is 10.7. The zero-order valence-corrected chi connectivity index (χ0v) is 12.3. The van der Waals surface area contributed by atoms with E-state index < -0.39 is 16.1 Å². The van der Waals surface area contributed by atoms with Crippen molar-refractivity contribution in [2.24, 2.45) is 0 Å². The summed E-state index contributed by atoms with van der Waals surface area (Å²) in [7, 11) is -3.77. The van der Waals surface area contributed by atoms with E-state index in [1.807, 2.05) is 0 Å². The second kappa shape index (κ2) is 5.78. The third-order valence-electron chi connectivity index (χ3n) is 2.76. The van der Waals surface area contributed by atoms with E-state index in [4.69, 9.17) is 17.3 Å². The molecule has 0 amide bonds. The number of benzene rings is 1. The van der Waals surface area contributed by atoms with Crippen molar-refractivity contribution < 1.29 is 8.42 Å². The Morgan fingerprint density at radius 2 is 1.90 bits per heavy atom. The van der Waals surface area contributed by atoms with Gasteiger partial charge in [-0.1, -0.05) is 23.7 Å². The average molecular weight is 312 g/mol. The van der Waals surface area contributed by atoms with Crippen LogP contribution >= 0.6 is 11.6 Å². The minimum atomic E-state index is -3.77. The van der Waals surface area contributed by atoms with E-state index in [0.717, 1.165) is 5.56 Å². The van der Waals surface area contributed by atoms with Crippen LogP contribution < -0.4 is 10.5 Å². The summed E-state index contributed by atoms with van der Waals surface area (Å²) in [6.07, 6.45) is 1.39. The minimum Gasteiger partial charge on any atom is -0.396 e. The summed E-state index contributed by atoms with van der Waals surface area (Å²) in [5.74, 6) is 0. The van der Waals surface area contributed by atoms with Crippen molar-refractivity contribution in [3.8, 4) is 0 Å². The summed E-state index contributed by atoms with van der Waals surface area (Å²) >= 11 is 5.80. The minimum absolute atomic E-state index is 0.114. The van der Waals surface area contributed by atoms with Crippen molar-refractivity contribution in [2.45, 2.75) is 18.0 Å². The van der Waals surface area contributed by atoms with Gasteiger partial charge in [-0.25, -0.2) is 18.1 Å². The van der Waals surface area contributed by atoms with E-state index in [9.17, 15) is 8.42 Å². The second-order valence-corrected chi connectivity index (χ2v) is 6.36. The van der Waals surface area contributed by atoms with Crippen molar-refractivity contribution in [1.82, 2.24) is 9.71 Å². The lowest BCUT2D eigenvalue weighted by Crippen LogP contribution is -2.28. The number of pyridine rings is 1. The highest BCUT2D eigenvalue weighted by Gasteiger charge is 2.21. The molecule has 0 spiro atoms. The van der Waals surface area contributed by atoms with Crippen LogP contribution in [-0.2, 0) is 10.0 Å². The fourth-order valence-electron chi connectivity index (χ4n) is 1.74. The lowest BCUT2D eigenvalue weighted by molar-refractivity contribution is 0.563. The predicted octanol–water partition coefficient (Wildman–Crippen LogP) is 2.36. The molecule has 1 aromatic carbocycles. The first-order valence-electron chi connectivity index (χ1n) is 5.88. The third-order valence-corrected chi connectivity index (χ3v) is 4.52. The first-order chi connectivity index (χ1) is 9.40. The molecule has 7 heteroatoms. The molecule has 0 bridgehead atoms. The summed E-state index contributed by atoms with van der Waals surface area (Å²) in [5.41, 5.74) is 6.55. The Morgan fingerprint density at radius 1 is 1.25 bits per heavy atom. The molecule has 5 nitrogen and oxygen atoms in total. The van der Waals surface area contributed by atoms with E-state index in [2.05, 4.69) is 9.71 Å². The Balaban J connectivity index is 2.24. The molecule has 0 fully saturated rings. The number of hydrogen-bond acceptors (Lipinski definition) is 4. The molecule has 1 heterocycles. The molecule has 1 unspecified atom stereocenters. The van der Waals surface area contributed by atoms with Gasteiger partial charge in [0, 0.05) is 17.3 Å². The van der Waals surface area contributed by atoms with Crippen LogP contribution in [-0.4, -0.2) is 13.4 Å². The highest BCUT2D eigenvalue weighted by molar-refractivity contribution is 7.89. The van der Waals surface area contributed by atoms with Crippen molar-refractivity contribution in [1.29, 1.82) is 0 Å². The highest BCUT2D eigenvalue weighted by atomic mass is 35.5. The number of hydrogen-bond donors (Lipinski definition) is 2. The van der Waals surface area contributed by atoms with Gasteiger partial charge in [0.05, 0.1) is 5.69 Å². The molecule has 0 saturated heterocycles. The van der Waals surface area contributed by atoms with Crippen molar-refractivity contribution in [3.05, 3.63) is 53.2 Å². The van der Waals surface area contributed by atoms with E-state index in [0.29, 0.717) is 5.02 Å². The summed E-state index contributed by atoms with van der Waals surface area (Å²) in [6.45, 7) is 1.74. The normalized spacial score (nSPS) is 13.1.